The fourth-order valence-electron chi connectivity index (χ4n) is 3.28. The molecule has 0 unspecified atom stereocenters. The molecule has 0 amide bonds. The lowest BCUT2D eigenvalue weighted by atomic mass is 10.00. The molecule has 0 radical (unpaired) electrons. The van der Waals surface area contributed by atoms with E-state index in [1.807, 2.05) is 0 Å². The number of anilines is 2. The second kappa shape index (κ2) is 6.42. The summed E-state index contributed by atoms with van der Waals surface area (Å²) in [5, 5.41) is 3.46. The smallest absolute Gasteiger partial charge is 0.225 e. The zero-order valence-electron chi connectivity index (χ0n) is 14.6. The van der Waals surface area contributed by atoms with Crippen LogP contribution in [0, 0.1) is 0 Å². The van der Waals surface area contributed by atoms with Crippen molar-refractivity contribution in [3.8, 4) is 0 Å². The van der Waals surface area contributed by atoms with Crippen molar-refractivity contribution in [1.82, 2.24) is 9.97 Å². The van der Waals surface area contributed by atoms with Gasteiger partial charge in [0, 0.05) is 31.1 Å². The normalized spacial score (nSPS) is 18.2. The minimum absolute atomic E-state index is 0.398. The number of fused-ring (bicyclic) bond motifs is 1. The molecule has 126 valence electrons. The highest BCUT2D eigenvalue weighted by Crippen LogP contribution is 2.40. The molecule has 4 nitrogen and oxygen atoms in total. The third-order valence-electron chi connectivity index (χ3n) is 5.17. The van der Waals surface area contributed by atoms with Crippen molar-refractivity contribution in [3.05, 3.63) is 47.2 Å². The molecule has 24 heavy (non-hydrogen) atoms. The van der Waals surface area contributed by atoms with E-state index in [0.717, 1.165) is 37.7 Å². The summed E-state index contributed by atoms with van der Waals surface area (Å²) in [4.78, 5) is 12.0. The molecule has 4 heteroatoms. The molecule has 2 aromatic rings. The summed E-state index contributed by atoms with van der Waals surface area (Å²) in [6.07, 6.45) is 4.70. The number of benzene rings is 1. The average molecular weight is 322 g/mol. The van der Waals surface area contributed by atoms with Crippen LogP contribution in [0.4, 0.5) is 11.8 Å². The molecule has 1 atom stereocenters. The van der Waals surface area contributed by atoms with Crippen LogP contribution in [0.5, 0.6) is 0 Å². The quantitative estimate of drug-likeness (QED) is 0.899. The van der Waals surface area contributed by atoms with Crippen LogP contribution in [0.3, 0.4) is 0 Å². The predicted octanol–water partition coefficient (Wildman–Crippen LogP) is 4.13. The summed E-state index contributed by atoms with van der Waals surface area (Å²) >= 11 is 0. The van der Waals surface area contributed by atoms with E-state index in [-0.39, 0.29) is 0 Å². The number of hydrogen-bond donors (Lipinski definition) is 1. The van der Waals surface area contributed by atoms with E-state index < -0.39 is 0 Å². The van der Waals surface area contributed by atoms with Crippen LogP contribution in [0.2, 0.25) is 0 Å². The van der Waals surface area contributed by atoms with Crippen molar-refractivity contribution in [1.29, 1.82) is 0 Å². The summed E-state index contributed by atoms with van der Waals surface area (Å²) in [6, 6.07) is 11.4. The van der Waals surface area contributed by atoms with E-state index in [0.29, 0.717) is 12.0 Å². The number of nitrogens with one attached hydrogen (secondary N) is 1. The summed E-state index contributed by atoms with van der Waals surface area (Å²) in [5.41, 5.74) is 4.11. The highest BCUT2D eigenvalue weighted by atomic mass is 15.2. The first-order chi connectivity index (χ1) is 11.7. The van der Waals surface area contributed by atoms with Gasteiger partial charge in [0.15, 0.2) is 0 Å². The molecule has 1 aromatic carbocycles. The van der Waals surface area contributed by atoms with Crippen molar-refractivity contribution in [2.24, 2.45) is 0 Å². The molecular weight excluding hydrogens is 296 g/mol. The van der Waals surface area contributed by atoms with Crippen LogP contribution >= 0.6 is 0 Å². The molecule has 1 saturated carbocycles. The minimum Gasteiger partial charge on any atom is -0.352 e. The van der Waals surface area contributed by atoms with Crippen LogP contribution in [-0.4, -0.2) is 22.6 Å². The largest absolute Gasteiger partial charge is 0.352 e. The van der Waals surface area contributed by atoms with Crippen molar-refractivity contribution < 1.29 is 0 Å². The SMILES string of the molecule is CC[C@H](C)Nc1nc(C2CC2)cc(N2CCc3ccccc3C2)n1. The maximum absolute atomic E-state index is 4.83. The lowest BCUT2D eigenvalue weighted by Gasteiger charge is -2.30. The fourth-order valence-corrected chi connectivity index (χ4v) is 3.28. The zero-order chi connectivity index (χ0) is 16.5. The van der Waals surface area contributed by atoms with E-state index in [1.165, 1.54) is 29.7 Å². The van der Waals surface area contributed by atoms with Gasteiger partial charge in [0.2, 0.25) is 5.95 Å². The fraction of sp³-hybridized carbons (Fsp3) is 0.500. The Balaban J connectivity index is 1.62. The molecule has 1 aromatic heterocycles. The molecule has 4 rings (SSSR count). The van der Waals surface area contributed by atoms with E-state index in [1.54, 1.807) is 0 Å². The Kier molecular flexibility index (Phi) is 4.13. The second-order valence-corrected chi connectivity index (χ2v) is 7.14. The van der Waals surface area contributed by atoms with Gasteiger partial charge in [0.05, 0.1) is 5.69 Å². The standard InChI is InChI=1S/C20H26N4/c1-3-14(2)21-20-22-18(16-8-9-16)12-19(23-20)24-11-10-15-6-4-5-7-17(15)13-24/h4-7,12,14,16H,3,8-11,13H2,1-2H3,(H,21,22,23)/t14-/m0/s1. The Bertz CT molecular complexity index is 723. The van der Waals surface area contributed by atoms with Gasteiger partial charge >= 0.3 is 0 Å². The summed E-state index contributed by atoms with van der Waals surface area (Å²) in [7, 11) is 0. The first-order valence-corrected chi connectivity index (χ1v) is 9.20. The van der Waals surface area contributed by atoms with E-state index in [9.17, 15) is 0 Å². The molecule has 0 saturated heterocycles. The molecule has 2 heterocycles. The average Bonchev–Trinajstić information content (AvgIpc) is 3.46. The lowest BCUT2D eigenvalue weighted by Crippen LogP contribution is -2.31. The van der Waals surface area contributed by atoms with Crippen LogP contribution < -0.4 is 10.2 Å². The van der Waals surface area contributed by atoms with E-state index in [2.05, 4.69) is 54.4 Å². The van der Waals surface area contributed by atoms with Crippen LogP contribution in [-0.2, 0) is 13.0 Å². The number of hydrogen-bond acceptors (Lipinski definition) is 4. The Morgan fingerprint density at radius 1 is 1.21 bits per heavy atom. The first-order valence-electron chi connectivity index (χ1n) is 9.20. The Hall–Kier alpha value is -2.10. The summed E-state index contributed by atoms with van der Waals surface area (Å²) < 4.78 is 0. The third kappa shape index (κ3) is 3.23. The number of nitrogens with zero attached hydrogens (tertiary/aromatic N) is 3. The summed E-state index contributed by atoms with van der Waals surface area (Å²) in [5.74, 6) is 2.51. The Morgan fingerprint density at radius 3 is 2.75 bits per heavy atom. The first kappa shape index (κ1) is 15.4. The van der Waals surface area contributed by atoms with Crippen molar-refractivity contribution in [2.45, 2.75) is 58.0 Å². The maximum Gasteiger partial charge on any atom is 0.225 e. The molecule has 1 aliphatic carbocycles. The van der Waals surface area contributed by atoms with Gasteiger partial charge in [-0.15, -0.1) is 0 Å². The van der Waals surface area contributed by atoms with Crippen LogP contribution in [0.1, 0.15) is 55.8 Å². The Labute approximate surface area is 144 Å². The molecular formula is C20H26N4. The van der Waals surface area contributed by atoms with Gasteiger partial charge < -0.3 is 10.2 Å². The molecule has 0 spiro atoms. The van der Waals surface area contributed by atoms with Gasteiger partial charge in [0.25, 0.3) is 0 Å². The van der Waals surface area contributed by atoms with Gasteiger partial charge in [-0.05, 0) is 43.7 Å². The van der Waals surface area contributed by atoms with Gasteiger partial charge in [0.1, 0.15) is 5.82 Å². The number of aromatic nitrogens is 2. The highest BCUT2D eigenvalue weighted by Gasteiger charge is 2.27. The van der Waals surface area contributed by atoms with Crippen LogP contribution in [0.25, 0.3) is 0 Å². The van der Waals surface area contributed by atoms with E-state index in [4.69, 9.17) is 9.97 Å². The lowest BCUT2D eigenvalue weighted by molar-refractivity contribution is 0.712. The molecule has 0 bridgehead atoms. The maximum atomic E-state index is 4.83. The van der Waals surface area contributed by atoms with Gasteiger partial charge in [-0.3, -0.25) is 0 Å². The predicted molar refractivity (Wildman–Crippen MR) is 98.6 cm³/mol. The van der Waals surface area contributed by atoms with E-state index >= 15 is 0 Å². The minimum atomic E-state index is 0.398. The van der Waals surface area contributed by atoms with Gasteiger partial charge in [-0.1, -0.05) is 31.2 Å². The van der Waals surface area contributed by atoms with Gasteiger partial charge in [-0.2, -0.15) is 4.98 Å². The van der Waals surface area contributed by atoms with Gasteiger partial charge in [-0.25, -0.2) is 4.98 Å². The highest BCUT2D eigenvalue weighted by molar-refractivity contribution is 5.49. The third-order valence-corrected chi connectivity index (χ3v) is 5.17. The van der Waals surface area contributed by atoms with Crippen molar-refractivity contribution in [2.75, 3.05) is 16.8 Å². The molecule has 1 N–H and O–H groups in total. The topological polar surface area (TPSA) is 41.1 Å². The van der Waals surface area contributed by atoms with Crippen LogP contribution in [0.15, 0.2) is 30.3 Å². The monoisotopic (exact) mass is 322 g/mol. The molecule has 2 aliphatic rings. The summed E-state index contributed by atoms with van der Waals surface area (Å²) in [6.45, 7) is 6.34. The van der Waals surface area contributed by atoms with Crippen molar-refractivity contribution >= 4 is 11.8 Å². The Morgan fingerprint density at radius 2 is 2.00 bits per heavy atom. The molecule has 1 fully saturated rings. The zero-order valence-corrected chi connectivity index (χ0v) is 14.6. The second-order valence-electron chi connectivity index (χ2n) is 7.14. The van der Waals surface area contributed by atoms with Crippen molar-refractivity contribution in [3.63, 3.8) is 0 Å². The number of rotatable bonds is 5. The molecule has 1 aliphatic heterocycles.